The van der Waals surface area contributed by atoms with Crippen molar-refractivity contribution >= 4 is 28.7 Å². The molecule has 0 aliphatic carbocycles. The van der Waals surface area contributed by atoms with Crippen LogP contribution in [0.1, 0.15) is 25.0 Å². The summed E-state index contributed by atoms with van der Waals surface area (Å²) in [5, 5.41) is 16.8. The third kappa shape index (κ3) is 6.80. The van der Waals surface area contributed by atoms with Gasteiger partial charge in [0.1, 0.15) is 18.7 Å². The van der Waals surface area contributed by atoms with Crippen molar-refractivity contribution in [2.45, 2.75) is 39.0 Å². The van der Waals surface area contributed by atoms with E-state index in [1.165, 1.54) is 0 Å². The monoisotopic (exact) mass is 448 g/mol. The van der Waals surface area contributed by atoms with Gasteiger partial charge in [0, 0.05) is 6.42 Å². The number of alkyl carbamates (subject to hydrolysis) is 1. The lowest BCUT2D eigenvalue weighted by Crippen LogP contribution is -2.54. The van der Waals surface area contributed by atoms with Crippen molar-refractivity contribution in [2.75, 3.05) is 0 Å². The van der Waals surface area contributed by atoms with Gasteiger partial charge < -0.3 is 20.5 Å². The highest BCUT2D eigenvalue weighted by Crippen LogP contribution is 2.17. The molecule has 3 aromatic rings. The number of aliphatic carboxylic acids is 1. The largest absolute Gasteiger partial charge is 0.480 e. The van der Waals surface area contributed by atoms with E-state index < -0.39 is 30.1 Å². The van der Waals surface area contributed by atoms with Crippen LogP contribution in [0.4, 0.5) is 4.79 Å². The molecule has 172 valence electrons. The number of carbonyl (C=O) groups is 3. The van der Waals surface area contributed by atoms with Crippen molar-refractivity contribution in [3.8, 4) is 0 Å². The highest BCUT2D eigenvalue weighted by molar-refractivity contribution is 5.89. The summed E-state index contributed by atoms with van der Waals surface area (Å²) >= 11 is 0. The second-order valence-corrected chi connectivity index (χ2v) is 8.21. The molecule has 3 rings (SSSR count). The molecule has 0 spiro atoms. The molecule has 3 aromatic carbocycles. The van der Waals surface area contributed by atoms with Gasteiger partial charge in [-0.25, -0.2) is 9.59 Å². The zero-order valence-corrected chi connectivity index (χ0v) is 18.7. The van der Waals surface area contributed by atoms with E-state index in [1.54, 1.807) is 13.8 Å². The fourth-order valence-corrected chi connectivity index (χ4v) is 3.49. The first-order chi connectivity index (χ1) is 15.8. The van der Waals surface area contributed by atoms with E-state index >= 15 is 0 Å². The zero-order chi connectivity index (χ0) is 23.8. The van der Waals surface area contributed by atoms with Crippen LogP contribution in [-0.4, -0.2) is 35.2 Å². The van der Waals surface area contributed by atoms with Crippen molar-refractivity contribution in [1.82, 2.24) is 10.6 Å². The second kappa shape index (κ2) is 11.1. The first-order valence-corrected chi connectivity index (χ1v) is 10.8. The summed E-state index contributed by atoms with van der Waals surface area (Å²) in [7, 11) is 0. The number of fused-ring (bicyclic) bond motifs is 1. The maximum absolute atomic E-state index is 12.9. The van der Waals surface area contributed by atoms with Crippen molar-refractivity contribution in [3.05, 3.63) is 83.9 Å². The van der Waals surface area contributed by atoms with Gasteiger partial charge in [0.15, 0.2) is 0 Å². The number of carbonyl (C=O) groups excluding carboxylic acids is 2. The maximum atomic E-state index is 12.9. The number of ether oxygens (including phenoxy) is 1. The predicted molar refractivity (Wildman–Crippen MR) is 126 cm³/mol. The zero-order valence-electron chi connectivity index (χ0n) is 18.7. The van der Waals surface area contributed by atoms with Crippen LogP contribution in [0.15, 0.2) is 72.8 Å². The van der Waals surface area contributed by atoms with Gasteiger partial charge in [-0.15, -0.1) is 0 Å². The number of rotatable bonds is 9. The molecule has 2 amide bonds. The molecule has 0 saturated carbocycles. The summed E-state index contributed by atoms with van der Waals surface area (Å²) < 4.78 is 5.20. The number of carboxylic acid groups (broad SMARTS) is 1. The Kier molecular flexibility index (Phi) is 8.02. The minimum absolute atomic E-state index is 0.0683. The van der Waals surface area contributed by atoms with Gasteiger partial charge in [-0.05, 0) is 27.8 Å². The number of benzene rings is 3. The smallest absolute Gasteiger partial charge is 0.408 e. The van der Waals surface area contributed by atoms with E-state index in [-0.39, 0.29) is 18.9 Å². The standard InChI is InChI=1S/C26H28N2O5/c1-17(2)23(28-26(32)33-16-18-8-4-3-5-9-18)24(29)27-22(25(30)31)15-19-12-13-20-10-6-7-11-21(20)14-19/h3-14,17,22-23H,15-16H2,1-2H3,(H,27,29)(H,28,32)(H,30,31)/t22-,23+/m0/s1. The molecule has 2 atom stereocenters. The summed E-state index contributed by atoms with van der Waals surface area (Å²) in [5.41, 5.74) is 1.61. The Morgan fingerprint density at radius 1 is 0.848 bits per heavy atom. The van der Waals surface area contributed by atoms with Crippen LogP contribution >= 0.6 is 0 Å². The highest BCUT2D eigenvalue weighted by Gasteiger charge is 2.29. The number of carboxylic acids is 1. The summed E-state index contributed by atoms with van der Waals surface area (Å²) in [6.45, 7) is 3.60. The van der Waals surface area contributed by atoms with Crippen LogP contribution in [0.2, 0.25) is 0 Å². The molecule has 7 nitrogen and oxygen atoms in total. The maximum Gasteiger partial charge on any atom is 0.408 e. The first kappa shape index (κ1) is 23.8. The van der Waals surface area contributed by atoms with Gasteiger partial charge in [0.2, 0.25) is 5.91 Å². The van der Waals surface area contributed by atoms with Gasteiger partial charge in [0.05, 0.1) is 0 Å². The van der Waals surface area contributed by atoms with Gasteiger partial charge in [-0.1, -0.05) is 86.6 Å². The third-order valence-electron chi connectivity index (χ3n) is 5.30. The number of amides is 2. The fourth-order valence-electron chi connectivity index (χ4n) is 3.49. The van der Waals surface area contributed by atoms with Gasteiger partial charge in [-0.3, -0.25) is 4.79 Å². The fraction of sp³-hybridized carbons (Fsp3) is 0.269. The summed E-state index contributed by atoms with van der Waals surface area (Å²) in [6.07, 6.45) is -0.621. The molecule has 0 saturated heterocycles. The Bertz CT molecular complexity index is 1110. The van der Waals surface area contributed by atoms with Gasteiger partial charge >= 0.3 is 12.1 Å². The highest BCUT2D eigenvalue weighted by atomic mass is 16.5. The van der Waals surface area contributed by atoms with E-state index in [0.717, 1.165) is 21.9 Å². The molecule has 0 aliphatic rings. The minimum Gasteiger partial charge on any atom is -0.480 e. The lowest BCUT2D eigenvalue weighted by atomic mass is 10.00. The Morgan fingerprint density at radius 2 is 1.52 bits per heavy atom. The Balaban J connectivity index is 1.63. The van der Waals surface area contributed by atoms with Crippen molar-refractivity contribution in [1.29, 1.82) is 0 Å². The third-order valence-corrected chi connectivity index (χ3v) is 5.30. The van der Waals surface area contributed by atoms with Gasteiger partial charge in [0.25, 0.3) is 0 Å². The average molecular weight is 449 g/mol. The molecule has 7 heteroatoms. The first-order valence-electron chi connectivity index (χ1n) is 10.8. The molecule has 3 N–H and O–H groups in total. The summed E-state index contributed by atoms with van der Waals surface area (Å²) in [6, 6.07) is 20.6. The van der Waals surface area contributed by atoms with E-state index in [0.29, 0.717) is 0 Å². The average Bonchev–Trinajstić information content (AvgIpc) is 2.81. The Morgan fingerprint density at radius 3 is 2.18 bits per heavy atom. The minimum atomic E-state index is -1.15. The molecule has 0 bridgehead atoms. The van der Waals surface area contributed by atoms with Crippen molar-refractivity contribution in [2.24, 2.45) is 5.92 Å². The molecule has 0 aliphatic heterocycles. The summed E-state index contributed by atoms with van der Waals surface area (Å²) in [5.74, 6) is -2.00. The van der Waals surface area contributed by atoms with Crippen molar-refractivity contribution in [3.63, 3.8) is 0 Å². The van der Waals surface area contributed by atoms with Crippen LogP contribution in [0.25, 0.3) is 10.8 Å². The number of nitrogens with one attached hydrogen (secondary N) is 2. The van der Waals surface area contributed by atoms with Crippen LogP contribution < -0.4 is 10.6 Å². The quantitative estimate of drug-likeness (QED) is 0.460. The van der Waals surface area contributed by atoms with E-state index in [4.69, 9.17) is 4.74 Å². The molecule has 0 heterocycles. The lowest BCUT2D eigenvalue weighted by molar-refractivity contribution is -0.142. The van der Waals surface area contributed by atoms with Crippen LogP contribution in [0, 0.1) is 5.92 Å². The topological polar surface area (TPSA) is 105 Å². The normalized spacial score (nSPS) is 12.7. The molecule has 33 heavy (non-hydrogen) atoms. The Hall–Kier alpha value is -3.87. The van der Waals surface area contributed by atoms with Crippen LogP contribution in [0.3, 0.4) is 0 Å². The molecule has 0 fully saturated rings. The van der Waals surface area contributed by atoms with Crippen LogP contribution in [0.5, 0.6) is 0 Å². The Labute approximate surface area is 192 Å². The summed E-state index contributed by atoms with van der Waals surface area (Å²) in [4.78, 5) is 37.0. The molecule has 0 unspecified atom stereocenters. The number of hydrogen-bond donors (Lipinski definition) is 3. The SMILES string of the molecule is CC(C)[C@@H](NC(=O)OCc1ccccc1)C(=O)N[C@@H](Cc1ccc2ccccc2c1)C(=O)O. The lowest BCUT2D eigenvalue weighted by Gasteiger charge is -2.24. The molecular weight excluding hydrogens is 420 g/mol. The predicted octanol–water partition coefficient (Wildman–Crippen LogP) is 3.90. The molecule has 0 radical (unpaired) electrons. The molecular formula is C26H28N2O5. The van der Waals surface area contributed by atoms with E-state index in [1.807, 2.05) is 72.8 Å². The van der Waals surface area contributed by atoms with E-state index in [2.05, 4.69) is 10.6 Å². The second-order valence-electron chi connectivity index (χ2n) is 8.21. The molecule has 0 aromatic heterocycles. The van der Waals surface area contributed by atoms with Crippen molar-refractivity contribution < 1.29 is 24.2 Å². The number of hydrogen-bond acceptors (Lipinski definition) is 4. The van der Waals surface area contributed by atoms with Gasteiger partial charge in [-0.2, -0.15) is 0 Å². The van der Waals surface area contributed by atoms with E-state index in [9.17, 15) is 19.5 Å². The van der Waals surface area contributed by atoms with Crippen LogP contribution in [-0.2, 0) is 27.4 Å².